The molecular weight excluding hydrogens is 612 g/mol. The molecule has 1 saturated heterocycles. The van der Waals surface area contributed by atoms with E-state index in [4.69, 9.17) is 20.4 Å². The van der Waals surface area contributed by atoms with Crippen LogP contribution >= 0.6 is 0 Å². The van der Waals surface area contributed by atoms with Gasteiger partial charge in [0.1, 0.15) is 0 Å². The number of aryl methyl sites for hydroxylation is 2. The number of carboxylic acid groups (broad SMARTS) is 2. The number of aliphatic hydroxyl groups is 2. The third kappa shape index (κ3) is 8.35. The predicted octanol–water partition coefficient (Wildman–Crippen LogP) is 1.17. The standard InChI is InChI=1S/C27H32N8O2.C4H6O6/c1-18-23(12-20(13-29-18)25(36)28-9-11-34-10-5-8-27(34,2)3)32-26(37)22-15-31-35-17-19(6-7-24(22)35)21-14-30-33(4)16-21;5-1(3(7)8)2(6)4(9)10/h6-7,12-17H,5,8-11H2,1-4H3,(H,28,36)(H,32,37);1-2,5-6H,(H,7,8)(H,9,10). The highest BCUT2D eigenvalue weighted by Gasteiger charge is 2.31. The van der Waals surface area contributed by atoms with Gasteiger partial charge in [0.25, 0.3) is 11.8 Å². The van der Waals surface area contributed by atoms with Crippen molar-refractivity contribution in [2.75, 3.05) is 25.0 Å². The number of fused-ring (bicyclic) bond motifs is 1. The number of pyridine rings is 2. The molecule has 6 N–H and O–H groups in total. The Morgan fingerprint density at radius 2 is 1.66 bits per heavy atom. The van der Waals surface area contributed by atoms with Gasteiger partial charge in [0.15, 0.2) is 12.2 Å². The molecule has 0 radical (unpaired) electrons. The summed E-state index contributed by atoms with van der Waals surface area (Å²) in [6, 6.07) is 5.47. The van der Waals surface area contributed by atoms with Crippen LogP contribution in [0.15, 0.2) is 49.2 Å². The summed E-state index contributed by atoms with van der Waals surface area (Å²) in [7, 11) is 1.86. The summed E-state index contributed by atoms with van der Waals surface area (Å²) < 4.78 is 3.41. The van der Waals surface area contributed by atoms with Crippen molar-refractivity contribution in [3.05, 3.63) is 66.0 Å². The first-order valence-electron chi connectivity index (χ1n) is 14.8. The Bertz CT molecular complexity index is 1760. The first-order chi connectivity index (χ1) is 22.2. The van der Waals surface area contributed by atoms with Crippen LogP contribution in [-0.2, 0) is 16.6 Å². The summed E-state index contributed by atoms with van der Waals surface area (Å²) >= 11 is 0. The third-order valence-electron chi connectivity index (χ3n) is 7.94. The van der Waals surface area contributed by atoms with Crippen molar-refractivity contribution in [2.45, 2.75) is 51.4 Å². The molecule has 2 amide bonds. The van der Waals surface area contributed by atoms with Crippen LogP contribution in [0.25, 0.3) is 16.6 Å². The number of rotatable bonds is 10. The number of likely N-dealkylation sites (tertiary alicyclic amines) is 1. The highest BCUT2D eigenvalue weighted by atomic mass is 16.4. The number of hydrogen-bond donors (Lipinski definition) is 6. The van der Waals surface area contributed by atoms with Crippen LogP contribution in [0.4, 0.5) is 5.69 Å². The number of carboxylic acids is 2. The number of anilines is 1. The number of aliphatic carboxylic acids is 2. The number of nitrogens with one attached hydrogen (secondary N) is 2. The summed E-state index contributed by atoms with van der Waals surface area (Å²) in [5, 5.41) is 47.0. The summed E-state index contributed by atoms with van der Waals surface area (Å²) in [6.45, 7) is 8.69. The number of carbonyl (C=O) groups is 4. The van der Waals surface area contributed by atoms with Crippen molar-refractivity contribution in [3.63, 3.8) is 0 Å². The third-order valence-corrected chi connectivity index (χ3v) is 7.94. The lowest BCUT2D eigenvalue weighted by atomic mass is 10.0. The van der Waals surface area contributed by atoms with E-state index in [1.54, 1.807) is 28.4 Å². The first-order valence-corrected chi connectivity index (χ1v) is 14.8. The van der Waals surface area contributed by atoms with Crippen LogP contribution in [0.5, 0.6) is 0 Å². The maximum Gasteiger partial charge on any atom is 0.335 e. The molecule has 250 valence electrons. The molecule has 4 aromatic rings. The average molecular weight is 651 g/mol. The monoisotopic (exact) mass is 650 g/mol. The van der Waals surface area contributed by atoms with Crippen LogP contribution in [-0.4, -0.2) is 111 Å². The summed E-state index contributed by atoms with van der Waals surface area (Å²) in [6.07, 6.45) is 6.47. The van der Waals surface area contributed by atoms with E-state index >= 15 is 0 Å². The molecule has 2 atom stereocenters. The summed E-state index contributed by atoms with van der Waals surface area (Å²) in [5.41, 5.74) is 4.71. The fraction of sp³-hybridized carbons (Fsp3) is 0.387. The molecule has 1 fully saturated rings. The van der Waals surface area contributed by atoms with Gasteiger partial charge < -0.3 is 31.1 Å². The molecule has 0 aliphatic carbocycles. The summed E-state index contributed by atoms with van der Waals surface area (Å²) in [5.74, 6) is -4.06. The van der Waals surface area contributed by atoms with Crippen molar-refractivity contribution in [1.82, 2.24) is 34.6 Å². The van der Waals surface area contributed by atoms with Crippen LogP contribution in [0.3, 0.4) is 0 Å². The topological polar surface area (TPSA) is 225 Å². The number of amides is 2. The van der Waals surface area contributed by atoms with Gasteiger partial charge in [-0.25, -0.2) is 14.1 Å². The SMILES string of the molecule is Cc1ncc(C(=O)NCCN2CCCC2(C)C)cc1NC(=O)c1cnn2cc(-c3cnn(C)c3)ccc12.O=C(O)C(O)C(O)C(=O)O. The Labute approximate surface area is 269 Å². The quantitative estimate of drug-likeness (QED) is 0.142. The fourth-order valence-electron chi connectivity index (χ4n) is 5.13. The first kappa shape index (κ1) is 34.7. The molecule has 2 unspecified atom stereocenters. The van der Waals surface area contributed by atoms with Crippen molar-refractivity contribution >= 4 is 35.0 Å². The largest absolute Gasteiger partial charge is 0.479 e. The smallest absolute Gasteiger partial charge is 0.335 e. The lowest BCUT2D eigenvalue weighted by Gasteiger charge is -2.31. The second-order valence-electron chi connectivity index (χ2n) is 11.7. The van der Waals surface area contributed by atoms with Crippen molar-refractivity contribution in [2.24, 2.45) is 7.05 Å². The highest BCUT2D eigenvalue weighted by Crippen LogP contribution is 2.27. The minimum atomic E-state index is -2.27. The van der Waals surface area contributed by atoms with Crippen molar-refractivity contribution in [1.29, 1.82) is 0 Å². The molecule has 16 nitrogen and oxygen atoms in total. The van der Waals surface area contributed by atoms with Crippen molar-refractivity contribution in [3.8, 4) is 11.1 Å². The van der Waals surface area contributed by atoms with Gasteiger partial charge in [-0.1, -0.05) is 6.07 Å². The minimum Gasteiger partial charge on any atom is -0.479 e. The molecule has 1 aliphatic heterocycles. The maximum atomic E-state index is 13.1. The summed E-state index contributed by atoms with van der Waals surface area (Å²) in [4.78, 5) is 52.2. The Morgan fingerprint density at radius 1 is 0.957 bits per heavy atom. The molecule has 47 heavy (non-hydrogen) atoms. The van der Waals surface area contributed by atoms with Crippen LogP contribution in [0, 0.1) is 6.92 Å². The van der Waals surface area contributed by atoms with Crippen LogP contribution in [0.2, 0.25) is 0 Å². The lowest BCUT2D eigenvalue weighted by molar-refractivity contribution is -0.165. The van der Waals surface area contributed by atoms with E-state index in [9.17, 15) is 19.2 Å². The van der Waals surface area contributed by atoms with E-state index in [0.29, 0.717) is 34.6 Å². The maximum absolute atomic E-state index is 13.1. The molecule has 5 rings (SSSR count). The zero-order valence-electron chi connectivity index (χ0n) is 26.4. The van der Waals surface area contributed by atoms with E-state index in [1.807, 2.05) is 31.6 Å². The number of aromatic nitrogens is 5. The zero-order valence-corrected chi connectivity index (χ0v) is 26.4. The average Bonchev–Trinajstić information content (AvgIpc) is 3.75. The molecule has 0 saturated carbocycles. The van der Waals surface area contributed by atoms with Gasteiger partial charge in [0.2, 0.25) is 0 Å². The van der Waals surface area contributed by atoms with Gasteiger partial charge in [-0.15, -0.1) is 0 Å². The number of hydrogen-bond acceptors (Lipinski definition) is 10. The molecule has 0 bridgehead atoms. The number of nitrogens with zero attached hydrogens (tertiary/aromatic N) is 6. The van der Waals surface area contributed by atoms with Crippen molar-refractivity contribution < 1.29 is 39.6 Å². The van der Waals surface area contributed by atoms with Gasteiger partial charge in [0, 0.05) is 55.4 Å². The number of carbonyl (C=O) groups excluding carboxylic acids is 2. The molecule has 0 spiro atoms. The fourth-order valence-corrected chi connectivity index (χ4v) is 5.13. The van der Waals surface area contributed by atoms with Gasteiger partial charge >= 0.3 is 11.9 Å². The minimum absolute atomic E-state index is 0.173. The van der Waals surface area contributed by atoms with E-state index in [1.165, 1.54) is 25.2 Å². The Kier molecular flexibility index (Phi) is 10.7. The van der Waals surface area contributed by atoms with Crippen LogP contribution in [0.1, 0.15) is 53.1 Å². The molecule has 1 aliphatic rings. The predicted molar refractivity (Wildman–Crippen MR) is 169 cm³/mol. The molecule has 0 aromatic carbocycles. The van der Waals surface area contributed by atoms with E-state index in [2.05, 4.69) is 44.6 Å². The lowest BCUT2D eigenvalue weighted by Crippen LogP contribution is -2.43. The molecule has 16 heteroatoms. The second-order valence-corrected chi connectivity index (χ2v) is 11.7. The number of aliphatic hydroxyl groups excluding tert-OH is 2. The van der Waals surface area contributed by atoms with E-state index in [0.717, 1.165) is 24.2 Å². The highest BCUT2D eigenvalue weighted by molar-refractivity contribution is 6.09. The Hall–Kier alpha value is -5.19. The Balaban J connectivity index is 0.000000434. The second kappa shape index (κ2) is 14.5. The molecule has 4 aromatic heterocycles. The van der Waals surface area contributed by atoms with Crippen LogP contribution < -0.4 is 10.6 Å². The Morgan fingerprint density at radius 3 is 2.26 bits per heavy atom. The molecular formula is C31H38N8O8. The zero-order chi connectivity index (χ0) is 34.5. The van der Waals surface area contributed by atoms with Gasteiger partial charge in [-0.3, -0.25) is 24.2 Å². The molecule has 5 heterocycles. The normalized spacial score (nSPS) is 15.4. The van der Waals surface area contributed by atoms with E-state index in [-0.39, 0.29) is 17.4 Å². The van der Waals surface area contributed by atoms with Gasteiger partial charge in [0.05, 0.1) is 40.4 Å². The van der Waals surface area contributed by atoms with Gasteiger partial charge in [-0.05, 0) is 52.3 Å². The van der Waals surface area contributed by atoms with E-state index < -0.39 is 24.1 Å². The van der Waals surface area contributed by atoms with Gasteiger partial charge in [-0.2, -0.15) is 10.2 Å².